The molecule has 0 saturated heterocycles. The summed E-state index contributed by atoms with van der Waals surface area (Å²) in [7, 11) is 0. The Morgan fingerprint density at radius 1 is 0.977 bits per heavy atom. The number of aliphatic hydroxyl groups excluding tert-OH is 2. The number of nitrogen functional groups attached to an aromatic ring is 1. The minimum Gasteiger partial charge on any atom is -0.507 e. The van der Waals surface area contributed by atoms with E-state index in [0.29, 0.717) is 54.4 Å². The quantitative estimate of drug-likeness (QED) is 0.111. The van der Waals surface area contributed by atoms with Gasteiger partial charge in [0, 0.05) is 35.9 Å². The number of aromatic hydroxyl groups is 1. The van der Waals surface area contributed by atoms with Gasteiger partial charge < -0.3 is 30.5 Å². The van der Waals surface area contributed by atoms with E-state index >= 15 is 0 Å². The fourth-order valence-electron chi connectivity index (χ4n) is 5.34. The molecule has 0 fully saturated rings. The smallest absolute Gasteiger partial charge is 0.132 e. The molecule has 0 radical (unpaired) electrons. The lowest BCUT2D eigenvalue weighted by Gasteiger charge is -2.34. The maximum atomic E-state index is 14.6. The van der Waals surface area contributed by atoms with Gasteiger partial charge in [0.2, 0.25) is 0 Å². The van der Waals surface area contributed by atoms with Crippen LogP contribution in [0.2, 0.25) is 0 Å². The van der Waals surface area contributed by atoms with Crippen LogP contribution in [0.3, 0.4) is 0 Å². The average Bonchev–Trinajstić information content (AvgIpc) is 3.00. The normalized spacial score (nSPS) is 13.7. The van der Waals surface area contributed by atoms with Crippen LogP contribution in [-0.2, 0) is 0 Å². The summed E-state index contributed by atoms with van der Waals surface area (Å²) in [6, 6.07) is 14.9. The largest absolute Gasteiger partial charge is 0.507 e. The summed E-state index contributed by atoms with van der Waals surface area (Å²) in [6.07, 6.45) is 5.82. The molecule has 6 nitrogen and oxygen atoms in total. The second kappa shape index (κ2) is 18.0. The molecule has 5 N–H and O–H groups in total. The Labute approximate surface area is 256 Å². The number of phenolic OH excluding ortho intramolecular Hbond substituents is 1. The van der Waals surface area contributed by atoms with Crippen LogP contribution in [0.4, 0.5) is 10.1 Å². The molecule has 3 rings (SSSR count). The number of aliphatic hydroxyl groups is 2. The molecule has 0 aliphatic carbocycles. The first kappa shape index (κ1) is 35.4. The Hall–Kier alpha value is -3.81. The van der Waals surface area contributed by atoms with Crippen molar-refractivity contribution < 1.29 is 29.2 Å². The van der Waals surface area contributed by atoms with Gasteiger partial charge in [-0.05, 0) is 75.8 Å². The van der Waals surface area contributed by atoms with E-state index in [-0.39, 0.29) is 29.7 Å². The van der Waals surface area contributed by atoms with Crippen LogP contribution < -0.4 is 15.2 Å². The summed E-state index contributed by atoms with van der Waals surface area (Å²) in [5.41, 5.74) is 9.44. The van der Waals surface area contributed by atoms with Gasteiger partial charge in [-0.25, -0.2) is 4.39 Å². The lowest BCUT2D eigenvalue weighted by molar-refractivity contribution is 0.107. The Morgan fingerprint density at radius 3 is 2.23 bits per heavy atom. The Bertz CT molecular complexity index is 1340. The number of halogens is 1. The minimum absolute atomic E-state index is 0.0960. The molecule has 0 aliphatic heterocycles. The third kappa shape index (κ3) is 9.09. The van der Waals surface area contributed by atoms with E-state index in [2.05, 4.69) is 0 Å². The molecule has 0 heterocycles. The van der Waals surface area contributed by atoms with E-state index in [1.165, 1.54) is 18.2 Å². The number of ether oxygens (including phenoxy) is 2. The third-order valence-electron chi connectivity index (χ3n) is 7.25. The van der Waals surface area contributed by atoms with Crippen LogP contribution in [0, 0.1) is 11.7 Å². The molecular formula is C36H48FNO5. The van der Waals surface area contributed by atoms with Crippen molar-refractivity contribution in [2.75, 3.05) is 25.6 Å². The second-order valence-corrected chi connectivity index (χ2v) is 9.81. The lowest BCUT2D eigenvalue weighted by Crippen LogP contribution is -2.24. The minimum atomic E-state index is -1.21. The van der Waals surface area contributed by atoms with Gasteiger partial charge in [0.25, 0.3) is 0 Å². The van der Waals surface area contributed by atoms with Gasteiger partial charge in [-0.1, -0.05) is 61.9 Å². The molecule has 3 aromatic rings. The topological polar surface area (TPSA) is 105 Å². The first-order valence-corrected chi connectivity index (χ1v) is 15.1. The average molecular weight is 594 g/mol. The number of hydrogen-bond donors (Lipinski definition) is 4. The third-order valence-corrected chi connectivity index (χ3v) is 7.25. The number of phenols is 1. The molecule has 43 heavy (non-hydrogen) atoms. The van der Waals surface area contributed by atoms with Crippen molar-refractivity contribution in [3.63, 3.8) is 0 Å². The van der Waals surface area contributed by atoms with Crippen molar-refractivity contribution in [3.05, 3.63) is 95.3 Å². The fourth-order valence-corrected chi connectivity index (χ4v) is 5.34. The van der Waals surface area contributed by atoms with E-state index in [4.69, 9.17) is 15.2 Å². The maximum Gasteiger partial charge on any atom is 0.132 e. The highest BCUT2D eigenvalue weighted by atomic mass is 19.1. The Kier molecular flexibility index (Phi) is 14.8. The zero-order valence-electron chi connectivity index (χ0n) is 26.3. The van der Waals surface area contributed by atoms with Gasteiger partial charge in [0.1, 0.15) is 23.1 Å². The molecule has 0 bridgehead atoms. The summed E-state index contributed by atoms with van der Waals surface area (Å²) in [4.78, 5) is 0. The van der Waals surface area contributed by atoms with Gasteiger partial charge in [-0.3, -0.25) is 0 Å². The number of hydrogen-bond acceptors (Lipinski definition) is 6. The van der Waals surface area contributed by atoms with Crippen molar-refractivity contribution in [3.8, 4) is 28.4 Å². The van der Waals surface area contributed by atoms with E-state index in [0.717, 1.165) is 11.1 Å². The number of benzene rings is 3. The van der Waals surface area contributed by atoms with Crippen molar-refractivity contribution in [2.45, 2.75) is 66.4 Å². The Balaban J connectivity index is 0.00000316. The van der Waals surface area contributed by atoms with Crippen LogP contribution in [-0.4, -0.2) is 35.1 Å². The van der Waals surface area contributed by atoms with Crippen LogP contribution >= 0.6 is 0 Å². The first-order valence-electron chi connectivity index (χ1n) is 15.1. The summed E-state index contributed by atoms with van der Waals surface area (Å²) < 4.78 is 26.1. The monoisotopic (exact) mass is 593 g/mol. The van der Waals surface area contributed by atoms with Crippen LogP contribution in [0.25, 0.3) is 11.1 Å². The van der Waals surface area contributed by atoms with E-state index in [9.17, 15) is 19.7 Å². The van der Waals surface area contributed by atoms with E-state index in [1.807, 2.05) is 71.9 Å². The van der Waals surface area contributed by atoms with E-state index in [1.54, 1.807) is 24.3 Å². The standard InChI is InChI=1S/C34H42FNO5.C2H6/c1-5-9-10-22(6-2)27(17-18-37)32(24-13-11-23(12-14-24)28-19-25(36)15-16-29(28)35)34(39)33-30(38)20-26(40-7-3)21-31(33)41-8-4;1-2/h5-6,9,11-16,19-21,27,32,34,37-39H,7-8,10,17-18,36H2,1-4H3;1-2H3/b9-5-,22-6+;/t27?,32-,34+;/m1./s1. The highest BCUT2D eigenvalue weighted by Crippen LogP contribution is 2.49. The summed E-state index contributed by atoms with van der Waals surface area (Å²) >= 11 is 0. The number of rotatable bonds is 14. The zero-order chi connectivity index (χ0) is 31.9. The summed E-state index contributed by atoms with van der Waals surface area (Å²) in [5.74, 6) is -0.639. The molecule has 0 amide bonds. The predicted octanol–water partition coefficient (Wildman–Crippen LogP) is 8.33. The lowest BCUT2D eigenvalue weighted by atomic mass is 9.73. The van der Waals surface area contributed by atoms with Crippen LogP contribution in [0.1, 0.15) is 77.5 Å². The predicted molar refractivity (Wildman–Crippen MR) is 174 cm³/mol. The van der Waals surface area contributed by atoms with E-state index < -0.39 is 12.0 Å². The van der Waals surface area contributed by atoms with Crippen LogP contribution in [0.15, 0.2) is 78.4 Å². The molecule has 0 saturated carbocycles. The molecule has 0 aromatic heterocycles. The van der Waals surface area contributed by atoms with Crippen LogP contribution in [0.5, 0.6) is 17.2 Å². The molecule has 234 valence electrons. The van der Waals surface area contributed by atoms with Gasteiger partial charge in [0.15, 0.2) is 0 Å². The van der Waals surface area contributed by atoms with Crippen molar-refractivity contribution >= 4 is 5.69 Å². The zero-order valence-corrected chi connectivity index (χ0v) is 26.3. The molecule has 0 spiro atoms. The Morgan fingerprint density at radius 2 is 1.65 bits per heavy atom. The number of nitrogens with two attached hydrogens (primary N) is 1. The summed E-state index contributed by atoms with van der Waals surface area (Å²) in [6.45, 7) is 12.2. The number of anilines is 1. The number of allylic oxidation sites excluding steroid dienone is 4. The highest BCUT2D eigenvalue weighted by Gasteiger charge is 2.36. The molecule has 7 heteroatoms. The molecule has 3 atom stereocenters. The second-order valence-electron chi connectivity index (χ2n) is 9.81. The van der Waals surface area contributed by atoms with Gasteiger partial charge in [-0.2, -0.15) is 0 Å². The molecule has 0 aliphatic rings. The van der Waals surface area contributed by atoms with Crippen molar-refractivity contribution in [1.82, 2.24) is 0 Å². The molecule has 3 aromatic carbocycles. The van der Waals surface area contributed by atoms with Crippen molar-refractivity contribution in [2.24, 2.45) is 5.92 Å². The SMILES string of the molecule is C/C=C\C/C(=C\C)C(CCO)[C@@H](c1ccc(-c2cc(N)ccc2F)cc1)[C@H](O)c1c(O)cc(OCC)cc1OCC.CC. The van der Waals surface area contributed by atoms with Crippen molar-refractivity contribution in [1.29, 1.82) is 0 Å². The maximum absolute atomic E-state index is 14.6. The van der Waals surface area contributed by atoms with Gasteiger partial charge in [-0.15, -0.1) is 0 Å². The van der Waals surface area contributed by atoms with Gasteiger partial charge >= 0.3 is 0 Å². The summed E-state index contributed by atoms with van der Waals surface area (Å²) in [5, 5.41) is 33.4. The highest BCUT2D eigenvalue weighted by molar-refractivity contribution is 5.68. The van der Waals surface area contributed by atoms with Gasteiger partial charge in [0.05, 0.1) is 24.9 Å². The first-order chi connectivity index (χ1) is 20.8. The molecule has 1 unspecified atom stereocenters. The fraction of sp³-hybridized carbons (Fsp3) is 0.389. The molecular weight excluding hydrogens is 545 g/mol.